The summed E-state index contributed by atoms with van der Waals surface area (Å²) in [6, 6.07) is 6.49. The van der Waals surface area contributed by atoms with Crippen LogP contribution in [-0.2, 0) is 0 Å². The van der Waals surface area contributed by atoms with Gasteiger partial charge in [-0.1, -0.05) is 29.8 Å². The average molecular weight is 285 g/mol. The maximum Gasteiger partial charge on any atom is 0.0611 e. The molecule has 0 radical (unpaired) electrons. The highest BCUT2D eigenvalue weighted by Gasteiger charge is 2.14. The van der Waals surface area contributed by atoms with Crippen LogP contribution in [0.15, 0.2) is 22.7 Å². The van der Waals surface area contributed by atoms with E-state index in [0.29, 0.717) is 12.0 Å². The third-order valence-corrected chi connectivity index (χ3v) is 3.34. The molecular weight excluding hydrogens is 264 g/mol. The Morgan fingerprint density at radius 1 is 1.31 bits per heavy atom. The molecule has 0 saturated carbocycles. The lowest BCUT2D eigenvalue weighted by atomic mass is 10.0. The van der Waals surface area contributed by atoms with E-state index in [1.807, 2.05) is 12.1 Å². The van der Waals surface area contributed by atoms with Crippen molar-refractivity contribution in [3.8, 4) is 0 Å². The number of anilines is 2. The molecule has 3 heteroatoms. The normalized spacial score (nSPS) is 12.9. The molecule has 1 atom stereocenters. The fourth-order valence-electron chi connectivity index (χ4n) is 1.90. The van der Waals surface area contributed by atoms with Crippen molar-refractivity contribution in [3.05, 3.63) is 22.7 Å². The van der Waals surface area contributed by atoms with Gasteiger partial charge in [0.05, 0.1) is 11.4 Å². The lowest BCUT2D eigenvalue weighted by Crippen LogP contribution is -2.30. The number of nitrogen functional groups attached to an aromatic ring is 1. The van der Waals surface area contributed by atoms with Crippen LogP contribution in [-0.4, -0.2) is 13.1 Å². The van der Waals surface area contributed by atoms with Crippen LogP contribution >= 0.6 is 15.9 Å². The number of rotatable bonds is 4. The van der Waals surface area contributed by atoms with E-state index in [2.05, 4.69) is 54.7 Å². The Bertz CT molecular complexity index is 350. The molecule has 90 valence electrons. The van der Waals surface area contributed by atoms with Gasteiger partial charge in [-0.05, 0) is 37.5 Å². The Morgan fingerprint density at radius 3 is 2.50 bits per heavy atom. The summed E-state index contributed by atoms with van der Waals surface area (Å²) in [5.41, 5.74) is 7.93. The van der Waals surface area contributed by atoms with E-state index in [9.17, 15) is 0 Å². The highest BCUT2D eigenvalue weighted by Crippen LogP contribution is 2.28. The molecule has 0 aliphatic carbocycles. The van der Waals surface area contributed by atoms with Gasteiger partial charge in [0.25, 0.3) is 0 Å². The number of nitrogens with two attached hydrogens (primary N) is 1. The highest BCUT2D eigenvalue weighted by molar-refractivity contribution is 9.10. The van der Waals surface area contributed by atoms with Gasteiger partial charge >= 0.3 is 0 Å². The third kappa shape index (κ3) is 3.41. The summed E-state index contributed by atoms with van der Waals surface area (Å²) in [5.74, 6) is 0.700. The number of hydrogen-bond donors (Lipinski definition) is 1. The number of hydrogen-bond acceptors (Lipinski definition) is 2. The minimum Gasteiger partial charge on any atom is -0.397 e. The monoisotopic (exact) mass is 284 g/mol. The summed E-state index contributed by atoms with van der Waals surface area (Å²) in [6.45, 7) is 6.73. The van der Waals surface area contributed by atoms with Crippen LogP contribution in [0.3, 0.4) is 0 Å². The molecule has 1 aromatic rings. The zero-order valence-corrected chi connectivity index (χ0v) is 12.1. The molecule has 0 amide bonds. The van der Waals surface area contributed by atoms with Crippen molar-refractivity contribution >= 4 is 27.3 Å². The van der Waals surface area contributed by atoms with Gasteiger partial charge in [-0.25, -0.2) is 0 Å². The molecule has 0 spiro atoms. The molecular formula is C13H21BrN2. The van der Waals surface area contributed by atoms with Gasteiger partial charge in [0.15, 0.2) is 0 Å². The fourth-order valence-corrected chi connectivity index (χ4v) is 2.25. The summed E-state index contributed by atoms with van der Waals surface area (Å²) in [5, 5.41) is 0. The van der Waals surface area contributed by atoms with E-state index < -0.39 is 0 Å². The summed E-state index contributed by atoms with van der Waals surface area (Å²) in [6.07, 6.45) is 1.17. The smallest absolute Gasteiger partial charge is 0.0611 e. The first-order chi connectivity index (χ1) is 7.41. The SMILES string of the molecule is CC(C)CC(C)N(C)c1cc(Br)ccc1N. The second-order valence-corrected chi connectivity index (χ2v) is 5.71. The van der Waals surface area contributed by atoms with Gasteiger partial charge in [0.1, 0.15) is 0 Å². The van der Waals surface area contributed by atoms with Crippen molar-refractivity contribution in [3.63, 3.8) is 0 Å². The predicted octanol–water partition coefficient (Wildman–Crippen LogP) is 3.90. The molecule has 0 aliphatic heterocycles. The molecule has 1 unspecified atom stereocenters. The van der Waals surface area contributed by atoms with Crippen molar-refractivity contribution in [2.45, 2.75) is 33.2 Å². The largest absolute Gasteiger partial charge is 0.397 e. The fraction of sp³-hybridized carbons (Fsp3) is 0.538. The molecule has 1 aromatic carbocycles. The van der Waals surface area contributed by atoms with E-state index >= 15 is 0 Å². The zero-order chi connectivity index (χ0) is 12.3. The number of halogens is 1. The second kappa shape index (κ2) is 5.58. The van der Waals surface area contributed by atoms with Crippen LogP contribution < -0.4 is 10.6 Å². The molecule has 0 bridgehead atoms. The van der Waals surface area contributed by atoms with Crippen LogP contribution in [0.2, 0.25) is 0 Å². The Kier molecular flexibility index (Phi) is 4.66. The maximum atomic E-state index is 6.00. The van der Waals surface area contributed by atoms with E-state index in [1.54, 1.807) is 0 Å². The van der Waals surface area contributed by atoms with Gasteiger partial charge in [0.2, 0.25) is 0 Å². The quantitative estimate of drug-likeness (QED) is 0.850. The standard InChI is InChI=1S/C13H21BrN2/c1-9(2)7-10(3)16(4)13-8-11(14)5-6-12(13)15/h5-6,8-10H,7,15H2,1-4H3. The van der Waals surface area contributed by atoms with E-state index in [4.69, 9.17) is 5.73 Å². The molecule has 0 saturated heterocycles. The minimum atomic E-state index is 0.497. The molecule has 0 aliphatic rings. The lowest BCUT2D eigenvalue weighted by molar-refractivity contribution is 0.504. The van der Waals surface area contributed by atoms with Gasteiger partial charge in [-0.3, -0.25) is 0 Å². The second-order valence-electron chi connectivity index (χ2n) is 4.79. The molecule has 16 heavy (non-hydrogen) atoms. The Morgan fingerprint density at radius 2 is 1.94 bits per heavy atom. The first-order valence-corrected chi connectivity index (χ1v) is 6.49. The first-order valence-electron chi connectivity index (χ1n) is 5.69. The van der Waals surface area contributed by atoms with Crippen molar-refractivity contribution in [1.29, 1.82) is 0 Å². The molecule has 0 heterocycles. The van der Waals surface area contributed by atoms with E-state index in [0.717, 1.165) is 15.8 Å². The van der Waals surface area contributed by atoms with Crippen LogP contribution in [0.1, 0.15) is 27.2 Å². The van der Waals surface area contributed by atoms with Crippen LogP contribution in [0.25, 0.3) is 0 Å². The van der Waals surface area contributed by atoms with Crippen LogP contribution in [0, 0.1) is 5.92 Å². The Hall–Kier alpha value is -0.700. The van der Waals surface area contributed by atoms with Gasteiger partial charge in [-0.15, -0.1) is 0 Å². The molecule has 1 rings (SSSR count). The van der Waals surface area contributed by atoms with Crippen molar-refractivity contribution in [1.82, 2.24) is 0 Å². The van der Waals surface area contributed by atoms with Crippen molar-refractivity contribution < 1.29 is 0 Å². The summed E-state index contributed by atoms with van der Waals surface area (Å²) in [7, 11) is 2.10. The summed E-state index contributed by atoms with van der Waals surface area (Å²) in [4.78, 5) is 2.25. The van der Waals surface area contributed by atoms with Crippen molar-refractivity contribution in [2.24, 2.45) is 5.92 Å². The Labute approximate surface area is 107 Å². The first kappa shape index (κ1) is 13.4. The van der Waals surface area contributed by atoms with Crippen LogP contribution in [0.5, 0.6) is 0 Å². The number of nitrogens with zero attached hydrogens (tertiary/aromatic N) is 1. The lowest BCUT2D eigenvalue weighted by Gasteiger charge is -2.29. The van der Waals surface area contributed by atoms with Gasteiger partial charge in [0, 0.05) is 17.6 Å². The maximum absolute atomic E-state index is 6.00. The number of benzene rings is 1. The Balaban J connectivity index is 2.86. The molecule has 0 fully saturated rings. The molecule has 0 aromatic heterocycles. The minimum absolute atomic E-state index is 0.497. The highest BCUT2D eigenvalue weighted by atomic mass is 79.9. The van der Waals surface area contributed by atoms with Crippen molar-refractivity contribution in [2.75, 3.05) is 17.7 Å². The van der Waals surface area contributed by atoms with Crippen LogP contribution in [0.4, 0.5) is 11.4 Å². The summed E-state index contributed by atoms with van der Waals surface area (Å²) < 4.78 is 1.07. The van der Waals surface area contributed by atoms with E-state index in [-0.39, 0.29) is 0 Å². The summed E-state index contributed by atoms with van der Waals surface area (Å²) >= 11 is 3.48. The predicted molar refractivity (Wildman–Crippen MR) is 75.9 cm³/mol. The van der Waals surface area contributed by atoms with E-state index in [1.165, 1.54) is 6.42 Å². The molecule has 2 N–H and O–H groups in total. The van der Waals surface area contributed by atoms with Gasteiger partial charge < -0.3 is 10.6 Å². The molecule has 2 nitrogen and oxygen atoms in total. The topological polar surface area (TPSA) is 29.3 Å². The average Bonchev–Trinajstić information content (AvgIpc) is 2.19. The third-order valence-electron chi connectivity index (χ3n) is 2.85. The van der Waals surface area contributed by atoms with Gasteiger partial charge in [-0.2, -0.15) is 0 Å². The zero-order valence-electron chi connectivity index (χ0n) is 10.5.